The van der Waals surface area contributed by atoms with E-state index < -0.39 is 0 Å². The number of hydrogen-bond acceptors (Lipinski definition) is 4. The lowest BCUT2D eigenvalue weighted by Gasteiger charge is -2.00. The van der Waals surface area contributed by atoms with E-state index in [4.69, 9.17) is 4.42 Å². The normalized spacial score (nSPS) is 10.6. The van der Waals surface area contributed by atoms with Gasteiger partial charge in [0.1, 0.15) is 6.26 Å². The Balaban J connectivity index is 2.09. The van der Waals surface area contributed by atoms with Crippen LogP contribution in [-0.4, -0.2) is 15.8 Å². The Labute approximate surface area is 96.9 Å². The Morgan fingerprint density at radius 2 is 1.82 bits per heavy atom. The summed E-state index contributed by atoms with van der Waals surface area (Å²) in [6.07, 6.45) is 6.14. The van der Waals surface area contributed by atoms with Crippen LogP contribution in [-0.2, 0) is 0 Å². The lowest BCUT2D eigenvalue weighted by Crippen LogP contribution is -1.99. The van der Waals surface area contributed by atoms with E-state index in [1.54, 1.807) is 36.7 Å². The Bertz CT molecular complexity index is 675. The number of fused-ring (bicyclic) bond motifs is 1. The SMILES string of the molecule is O=C(c1ccoc1)c1ccc2nccnc2c1. The highest BCUT2D eigenvalue weighted by Gasteiger charge is 2.10. The third-order valence-corrected chi connectivity index (χ3v) is 2.51. The molecule has 0 radical (unpaired) electrons. The second-order valence-corrected chi connectivity index (χ2v) is 3.60. The molecule has 0 aliphatic carbocycles. The van der Waals surface area contributed by atoms with Gasteiger partial charge in [0.2, 0.25) is 0 Å². The first kappa shape index (κ1) is 9.72. The fourth-order valence-electron chi connectivity index (χ4n) is 1.66. The number of nitrogens with zero attached hydrogens (tertiary/aromatic N) is 2. The molecule has 1 aromatic carbocycles. The lowest BCUT2D eigenvalue weighted by atomic mass is 10.1. The minimum Gasteiger partial charge on any atom is -0.472 e. The first-order chi connectivity index (χ1) is 8.34. The quantitative estimate of drug-likeness (QED) is 0.627. The maximum absolute atomic E-state index is 12.0. The predicted octanol–water partition coefficient (Wildman–Crippen LogP) is 2.45. The van der Waals surface area contributed by atoms with E-state index in [0.717, 1.165) is 5.52 Å². The molecule has 0 saturated carbocycles. The van der Waals surface area contributed by atoms with Gasteiger partial charge in [-0.05, 0) is 24.3 Å². The van der Waals surface area contributed by atoms with E-state index in [1.807, 2.05) is 0 Å². The zero-order valence-corrected chi connectivity index (χ0v) is 8.83. The molecule has 0 atom stereocenters. The first-order valence-electron chi connectivity index (χ1n) is 5.12. The van der Waals surface area contributed by atoms with Gasteiger partial charge in [0.05, 0.1) is 22.9 Å². The van der Waals surface area contributed by atoms with Crippen LogP contribution in [0.3, 0.4) is 0 Å². The molecular weight excluding hydrogens is 216 g/mol. The summed E-state index contributed by atoms with van der Waals surface area (Å²) in [6, 6.07) is 6.91. The van der Waals surface area contributed by atoms with Crippen LogP contribution in [0.2, 0.25) is 0 Å². The Morgan fingerprint density at radius 1 is 1.00 bits per heavy atom. The Hall–Kier alpha value is -2.49. The molecule has 0 fully saturated rings. The number of aromatic nitrogens is 2. The van der Waals surface area contributed by atoms with E-state index >= 15 is 0 Å². The van der Waals surface area contributed by atoms with Gasteiger partial charge >= 0.3 is 0 Å². The third-order valence-electron chi connectivity index (χ3n) is 2.51. The zero-order valence-electron chi connectivity index (χ0n) is 8.83. The van der Waals surface area contributed by atoms with Crippen LogP contribution in [0.15, 0.2) is 53.6 Å². The van der Waals surface area contributed by atoms with Gasteiger partial charge in [-0.15, -0.1) is 0 Å². The van der Waals surface area contributed by atoms with Crippen molar-refractivity contribution in [3.8, 4) is 0 Å². The summed E-state index contributed by atoms with van der Waals surface area (Å²) in [5.74, 6) is -0.0775. The predicted molar refractivity (Wildman–Crippen MR) is 61.7 cm³/mol. The highest BCUT2D eigenvalue weighted by molar-refractivity contribution is 6.10. The number of carbonyl (C=O) groups is 1. The van der Waals surface area contributed by atoms with E-state index in [-0.39, 0.29) is 5.78 Å². The third kappa shape index (κ3) is 1.69. The highest BCUT2D eigenvalue weighted by Crippen LogP contribution is 2.15. The smallest absolute Gasteiger partial charge is 0.196 e. The molecule has 0 unspecified atom stereocenters. The summed E-state index contributed by atoms with van der Waals surface area (Å²) in [4.78, 5) is 20.4. The van der Waals surface area contributed by atoms with E-state index in [1.165, 1.54) is 12.5 Å². The standard InChI is InChI=1S/C13H8N2O2/c16-13(10-3-6-17-8-10)9-1-2-11-12(7-9)15-5-4-14-11/h1-8H. The van der Waals surface area contributed by atoms with Crippen molar-refractivity contribution in [2.75, 3.05) is 0 Å². The average molecular weight is 224 g/mol. The van der Waals surface area contributed by atoms with Crippen LogP contribution in [0, 0.1) is 0 Å². The van der Waals surface area contributed by atoms with Crippen molar-refractivity contribution in [2.45, 2.75) is 0 Å². The Kier molecular flexibility index (Phi) is 2.19. The summed E-state index contributed by atoms with van der Waals surface area (Å²) in [5.41, 5.74) is 2.60. The molecule has 3 rings (SSSR count). The molecule has 0 spiro atoms. The molecule has 2 heterocycles. The number of carbonyl (C=O) groups excluding carboxylic acids is 1. The van der Waals surface area contributed by atoms with Gasteiger partial charge in [-0.2, -0.15) is 0 Å². The van der Waals surface area contributed by atoms with Crippen LogP contribution in [0.5, 0.6) is 0 Å². The second kappa shape index (κ2) is 3.83. The van der Waals surface area contributed by atoms with Gasteiger partial charge in [0, 0.05) is 18.0 Å². The molecule has 0 aliphatic rings. The molecule has 0 N–H and O–H groups in total. The van der Waals surface area contributed by atoms with E-state index in [9.17, 15) is 4.79 Å². The van der Waals surface area contributed by atoms with Gasteiger partial charge in [-0.25, -0.2) is 0 Å². The van der Waals surface area contributed by atoms with Crippen molar-refractivity contribution >= 4 is 16.8 Å². The van der Waals surface area contributed by atoms with Crippen molar-refractivity contribution in [2.24, 2.45) is 0 Å². The van der Waals surface area contributed by atoms with Crippen molar-refractivity contribution in [1.82, 2.24) is 9.97 Å². The van der Waals surface area contributed by atoms with E-state index in [0.29, 0.717) is 16.6 Å². The molecule has 0 aliphatic heterocycles. The summed E-state index contributed by atoms with van der Waals surface area (Å²) in [6.45, 7) is 0. The number of rotatable bonds is 2. The van der Waals surface area contributed by atoms with Crippen molar-refractivity contribution < 1.29 is 9.21 Å². The molecule has 0 saturated heterocycles. The van der Waals surface area contributed by atoms with Gasteiger partial charge in [-0.3, -0.25) is 14.8 Å². The maximum atomic E-state index is 12.0. The molecule has 3 aromatic rings. The topological polar surface area (TPSA) is 56.0 Å². The Morgan fingerprint density at radius 3 is 2.59 bits per heavy atom. The van der Waals surface area contributed by atoms with Crippen LogP contribution in [0.4, 0.5) is 0 Å². The monoisotopic (exact) mass is 224 g/mol. The number of hydrogen-bond donors (Lipinski definition) is 0. The largest absolute Gasteiger partial charge is 0.472 e. The van der Waals surface area contributed by atoms with Crippen LogP contribution in [0.1, 0.15) is 15.9 Å². The summed E-state index contributed by atoms with van der Waals surface area (Å²) in [5, 5.41) is 0. The highest BCUT2D eigenvalue weighted by atomic mass is 16.3. The van der Waals surface area contributed by atoms with Crippen LogP contribution < -0.4 is 0 Å². The van der Waals surface area contributed by atoms with Crippen molar-refractivity contribution in [3.63, 3.8) is 0 Å². The fourth-order valence-corrected chi connectivity index (χ4v) is 1.66. The lowest BCUT2D eigenvalue weighted by molar-refractivity contribution is 0.103. The molecule has 4 heteroatoms. The maximum Gasteiger partial charge on any atom is 0.196 e. The van der Waals surface area contributed by atoms with Gasteiger partial charge < -0.3 is 4.42 Å². The minimum atomic E-state index is -0.0775. The minimum absolute atomic E-state index is 0.0775. The molecule has 17 heavy (non-hydrogen) atoms. The van der Waals surface area contributed by atoms with Crippen LogP contribution >= 0.6 is 0 Å². The van der Waals surface area contributed by atoms with Gasteiger partial charge in [-0.1, -0.05) is 0 Å². The van der Waals surface area contributed by atoms with Crippen molar-refractivity contribution in [1.29, 1.82) is 0 Å². The van der Waals surface area contributed by atoms with Crippen molar-refractivity contribution in [3.05, 3.63) is 60.3 Å². The summed E-state index contributed by atoms with van der Waals surface area (Å²) >= 11 is 0. The number of benzene rings is 1. The molecule has 0 amide bonds. The van der Waals surface area contributed by atoms with Gasteiger partial charge in [0.15, 0.2) is 5.78 Å². The van der Waals surface area contributed by atoms with Crippen LogP contribution in [0.25, 0.3) is 11.0 Å². The molecule has 2 aromatic heterocycles. The zero-order chi connectivity index (χ0) is 11.7. The summed E-state index contributed by atoms with van der Waals surface area (Å²) < 4.78 is 4.90. The van der Waals surface area contributed by atoms with E-state index in [2.05, 4.69) is 9.97 Å². The second-order valence-electron chi connectivity index (χ2n) is 3.60. The molecule has 82 valence electrons. The fraction of sp³-hybridized carbons (Fsp3) is 0. The summed E-state index contributed by atoms with van der Waals surface area (Å²) in [7, 11) is 0. The first-order valence-corrected chi connectivity index (χ1v) is 5.12. The number of furan rings is 1. The average Bonchev–Trinajstić information content (AvgIpc) is 2.91. The molecule has 0 bridgehead atoms. The molecule has 4 nitrogen and oxygen atoms in total. The van der Waals surface area contributed by atoms with Gasteiger partial charge in [0.25, 0.3) is 0 Å². The number of ketones is 1. The molecular formula is C13H8N2O2.